The van der Waals surface area contributed by atoms with Gasteiger partial charge in [0, 0.05) is 30.2 Å². The van der Waals surface area contributed by atoms with Crippen LogP contribution in [-0.4, -0.2) is 50.4 Å². The van der Waals surface area contributed by atoms with E-state index in [-0.39, 0.29) is 21.7 Å². The number of benzene rings is 1. The van der Waals surface area contributed by atoms with Gasteiger partial charge in [-0.05, 0) is 37.5 Å². The number of hydrogen-bond acceptors (Lipinski definition) is 5. The summed E-state index contributed by atoms with van der Waals surface area (Å²) < 4.78 is 32.9. The summed E-state index contributed by atoms with van der Waals surface area (Å²) in [6, 6.07) is 4.86. The van der Waals surface area contributed by atoms with Gasteiger partial charge >= 0.3 is 0 Å². The zero-order chi connectivity index (χ0) is 17.3. The van der Waals surface area contributed by atoms with E-state index in [1.165, 1.54) is 22.5 Å². The number of carbonyl (C=O) groups is 1. The molecule has 2 saturated heterocycles. The second kappa shape index (κ2) is 6.87. The van der Waals surface area contributed by atoms with Gasteiger partial charge in [-0.25, -0.2) is 8.42 Å². The standard InChI is InChI=1S/C15H20ClN3O4S/c16-10-1-4-13(23-9-15(17)20)14(7-10)24(21,22)19-6-5-11-2-3-12(8-19)18-11/h1,4,7,11-12,18H,2-3,5-6,8-9H2,(H2,17,20). The maximum atomic E-state index is 13.1. The lowest BCUT2D eigenvalue weighted by Crippen LogP contribution is -2.39. The molecule has 2 heterocycles. The smallest absolute Gasteiger partial charge is 0.255 e. The van der Waals surface area contributed by atoms with E-state index in [0.29, 0.717) is 19.1 Å². The molecule has 24 heavy (non-hydrogen) atoms. The number of nitrogens with two attached hydrogens (primary N) is 1. The van der Waals surface area contributed by atoms with E-state index >= 15 is 0 Å². The van der Waals surface area contributed by atoms with Crippen LogP contribution >= 0.6 is 11.6 Å². The van der Waals surface area contributed by atoms with E-state index in [0.717, 1.165) is 19.3 Å². The zero-order valence-corrected chi connectivity index (χ0v) is 14.6. The minimum absolute atomic E-state index is 0.0333. The molecule has 7 nitrogen and oxygen atoms in total. The molecule has 3 N–H and O–H groups in total. The monoisotopic (exact) mass is 373 g/mol. The Hall–Kier alpha value is -1.35. The van der Waals surface area contributed by atoms with Gasteiger partial charge in [0.25, 0.3) is 5.91 Å². The number of amides is 1. The van der Waals surface area contributed by atoms with Gasteiger partial charge in [-0.3, -0.25) is 4.79 Å². The van der Waals surface area contributed by atoms with Crippen LogP contribution in [0.5, 0.6) is 5.75 Å². The average Bonchev–Trinajstić information content (AvgIpc) is 2.84. The summed E-state index contributed by atoms with van der Waals surface area (Å²) in [5, 5.41) is 3.73. The van der Waals surface area contributed by atoms with Gasteiger partial charge in [-0.15, -0.1) is 0 Å². The topological polar surface area (TPSA) is 102 Å². The second-order valence-electron chi connectivity index (χ2n) is 6.14. The summed E-state index contributed by atoms with van der Waals surface area (Å²) in [7, 11) is -3.78. The van der Waals surface area contributed by atoms with Crippen molar-refractivity contribution >= 4 is 27.5 Å². The minimum atomic E-state index is -3.78. The fourth-order valence-corrected chi connectivity index (χ4v) is 5.11. The molecule has 2 aliphatic heterocycles. The van der Waals surface area contributed by atoms with E-state index in [9.17, 15) is 13.2 Å². The van der Waals surface area contributed by atoms with E-state index in [1.807, 2.05) is 0 Å². The van der Waals surface area contributed by atoms with Crippen molar-refractivity contribution in [3.63, 3.8) is 0 Å². The Balaban J connectivity index is 1.90. The Morgan fingerprint density at radius 3 is 2.83 bits per heavy atom. The summed E-state index contributed by atoms with van der Waals surface area (Å²) in [5.41, 5.74) is 5.08. The molecular formula is C15H20ClN3O4S. The number of halogens is 1. The maximum Gasteiger partial charge on any atom is 0.255 e. The van der Waals surface area contributed by atoms with Gasteiger partial charge in [-0.2, -0.15) is 4.31 Å². The first-order chi connectivity index (χ1) is 11.4. The number of primary amides is 1. The van der Waals surface area contributed by atoms with Crippen molar-refractivity contribution in [3.05, 3.63) is 23.2 Å². The summed E-state index contributed by atoms with van der Waals surface area (Å²) in [5.74, 6) is -0.592. The lowest BCUT2D eigenvalue weighted by atomic mass is 10.1. The van der Waals surface area contributed by atoms with Crippen molar-refractivity contribution in [2.75, 3.05) is 19.7 Å². The molecule has 2 unspecified atom stereocenters. The Kier molecular flexibility index (Phi) is 5.00. The van der Waals surface area contributed by atoms with Crippen LogP contribution in [0.25, 0.3) is 0 Å². The third kappa shape index (κ3) is 3.66. The fraction of sp³-hybridized carbons (Fsp3) is 0.533. The molecule has 9 heteroatoms. The molecule has 0 saturated carbocycles. The number of ether oxygens (including phenoxy) is 1. The summed E-state index contributed by atoms with van der Waals surface area (Å²) >= 11 is 5.98. The second-order valence-corrected chi connectivity index (χ2v) is 8.48. The highest BCUT2D eigenvalue weighted by molar-refractivity contribution is 7.89. The Morgan fingerprint density at radius 1 is 1.33 bits per heavy atom. The predicted octanol–water partition coefficient (Wildman–Crippen LogP) is 0.719. The van der Waals surface area contributed by atoms with Gasteiger partial charge < -0.3 is 15.8 Å². The molecule has 0 spiro atoms. The number of hydrogen-bond donors (Lipinski definition) is 2. The molecule has 0 aliphatic carbocycles. The molecular weight excluding hydrogens is 354 g/mol. The highest BCUT2D eigenvalue weighted by Gasteiger charge is 2.36. The van der Waals surface area contributed by atoms with E-state index in [4.69, 9.17) is 22.1 Å². The van der Waals surface area contributed by atoms with Crippen LogP contribution in [0, 0.1) is 0 Å². The number of rotatable bonds is 5. The van der Waals surface area contributed by atoms with Crippen LogP contribution in [0.3, 0.4) is 0 Å². The zero-order valence-electron chi connectivity index (χ0n) is 13.1. The van der Waals surface area contributed by atoms with Crippen LogP contribution in [-0.2, 0) is 14.8 Å². The lowest BCUT2D eigenvalue weighted by molar-refractivity contribution is -0.120. The number of nitrogens with one attached hydrogen (secondary N) is 1. The number of nitrogens with zero attached hydrogens (tertiary/aromatic N) is 1. The highest BCUT2D eigenvalue weighted by atomic mass is 35.5. The SMILES string of the molecule is NC(=O)COc1ccc(Cl)cc1S(=O)(=O)N1CCC2CCC(C1)N2. The first kappa shape index (κ1) is 17.5. The molecule has 3 rings (SSSR count). The average molecular weight is 374 g/mol. The molecule has 2 atom stereocenters. The van der Waals surface area contributed by atoms with Crippen LogP contribution < -0.4 is 15.8 Å². The van der Waals surface area contributed by atoms with Crippen LogP contribution in [0.1, 0.15) is 19.3 Å². The summed E-state index contributed by atoms with van der Waals surface area (Å²) in [4.78, 5) is 10.9. The molecule has 1 amide bonds. The van der Waals surface area contributed by atoms with Crippen LogP contribution in [0.2, 0.25) is 5.02 Å². The summed E-state index contributed by atoms with van der Waals surface area (Å²) in [6.07, 6.45) is 2.83. The van der Waals surface area contributed by atoms with Crippen LogP contribution in [0.4, 0.5) is 0 Å². The largest absolute Gasteiger partial charge is 0.482 e. The third-order valence-corrected chi connectivity index (χ3v) is 6.50. The van der Waals surface area contributed by atoms with Crippen molar-refractivity contribution in [1.82, 2.24) is 9.62 Å². The normalized spacial score (nSPS) is 24.5. The van der Waals surface area contributed by atoms with Crippen LogP contribution in [0.15, 0.2) is 23.1 Å². The number of carbonyl (C=O) groups excluding carboxylic acids is 1. The van der Waals surface area contributed by atoms with E-state index < -0.39 is 22.5 Å². The Bertz CT molecular complexity index is 740. The van der Waals surface area contributed by atoms with Crippen molar-refractivity contribution in [3.8, 4) is 5.75 Å². The Morgan fingerprint density at radius 2 is 2.08 bits per heavy atom. The molecule has 0 radical (unpaired) electrons. The third-order valence-electron chi connectivity index (χ3n) is 4.38. The van der Waals surface area contributed by atoms with Gasteiger partial charge in [0.1, 0.15) is 10.6 Å². The van der Waals surface area contributed by atoms with Crippen molar-refractivity contribution in [1.29, 1.82) is 0 Å². The van der Waals surface area contributed by atoms with Crippen molar-refractivity contribution in [2.24, 2.45) is 5.73 Å². The van der Waals surface area contributed by atoms with Crippen molar-refractivity contribution in [2.45, 2.75) is 36.2 Å². The first-order valence-electron chi connectivity index (χ1n) is 7.83. The van der Waals surface area contributed by atoms with Gasteiger partial charge in [0.2, 0.25) is 10.0 Å². The van der Waals surface area contributed by atoms with Crippen molar-refractivity contribution < 1.29 is 17.9 Å². The molecule has 2 bridgehead atoms. The molecule has 132 valence electrons. The molecule has 1 aromatic carbocycles. The van der Waals surface area contributed by atoms with Gasteiger partial charge in [-0.1, -0.05) is 11.6 Å². The maximum absolute atomic E-state index is 13.1. The number of sulfonamides is 1. The van der Waals surface area contributed by atoms with Gasteiger partial charge in [0.05, 0.1) is 0 Å². The fourth-order valence-electron chi connectivity index (χ4n) is 3.22. The summed E-state index contributed by atoms with van der Waals surface area (Å²) in [6.45, 7) is 0.468. The highest BCUT2D eigenvalue weighted by Crippen LogP contribution is 2.32. The predicted molar refractivity (Wildman–Crippen MR) is 89.5 cm³/mol. The molecule has 2 fully saturated rings. The molecule has 2 aliphatic rings. The quantitative estimate of drug-likeness (QED) is 0.791. The van der Waals surface area contributed by atoms with E-state index in [2.05, 4.69) is 5.32 Å². The molecule has 0 aromatic heterocycles. The van der Waals surface area contributed by atoms with E-state index in [1.54, 1.807) is 0 Å². The minimum Gasteiger partial charge on any atom is -0.482 e. The number of fused-ring (bicyclic) bond motifs is 2. The molecule has 1 aromatic rings. The van der Waals surface area contributed by atoms with Gasteiger partial charge in [0.15, 0.2) is 6.61 Å². The lowest BCUT2D eigenvalue weighted by Gasteiger charge is -2.24. The Labute approximate surface area is 146 Å². The first-order valence-corrected chi connectivity index (χ1v) is 9.65.